The molecule has 112 valence electrons. The van der Waals surface area contributed by atoms with Gasteiger partial charge in [-0.15, -0.1) is 0 Å². The molecule has 7 nitrogen and oxygen atoms in total. The van der Waals surface area contributed by atoms with Gasteiger partial charge >= 0.3 is 5.69 Å². The molecule has 1 saturated heterocycles. The first-order valence-electron chi connectivity index (χ1n) is 6.58. The summed E-state index contributed by atoms with van der Waals surface area (Å²) in [6.45, 7) is 2.25. The van der Waals surface area contributed by atoms with Crippen molar-refractivity contribution in [2.75, 3.05) is 26.9 Å². The van der Waals surface area contributed by atoms with E-state index in [1.54, 1.807) is 20.4 Å². The highest BCUT2D eigenvalue weighted by atomic mass is 16.5. The van der Waals surface area contributed by atoms with E-state index in [4.69, 9.17) is 9.47 Å². The van der Waals surface area contributed by atoms with Crippen molar-refractivity contribution in [3.63, 3.8) is 0 Å². The molecule has 0 bridgehead atoms. The van der Waals surface area contributed by atoms with Gasteiger partial charge in [-0.3, -0.25) is 9.36 Å². The fourth-order valence-corrected chi connectivity index (χ4v) is 2.39. The van der Waals surface area contributed by atoms with Crippen LogP contribution in [0.25, 0.3) is 0 Å². The first kappa shape index (κ1) is 15.0. The van der Waals surface area contributed by atoms with Crippen molar-refractivity contribution < 1.29 is 9.47 Å². The Morgan fingerprint density at radius 1 is 1.45 bits per heavy atom. The van der Waals surface area contributed by atoms with Gasteiger partial charge in [0.1, 0.15) is 5.60 Å². The second kappa shape index (κ2) is 5.90. The zero-order valence-electron chi connectivity index (χ0n) is 12.1. The van der Waals surface area contributed by atoms with E-state index >= 15 is 0 Å². The summed E-state index contributed by atoms with van der Waals surface area (Å²) in [6, 6.07) is 0. The van der Waals surface area contributed by atoms with E-state index in [2.05, 4.69) is 5.32 Å². The topological polar surface area (TPSA) is 74.5 Å². The van der Waals surface area contributed by atoms with E-state index in [0.29, 0.717) is 31.9 Å². The van der Waals surface area contributed by atoms with Gasteiger partial charge < -0.3 is 19.4 Å². The predicted octanol–water partition coefficient (Wildman–Crippen LogP) is -1.02. The van der Waals surface area contributed by atoms with Crippen LogP contribution < -0.4 is 16.6 Å². The Morgan fingerprint density at radius 3 is 2.80 bits per heavy atom. The molecule has 0 radical (unpaired) electrons. The number of nitrogens with one attached hydrogen (secondary N) is 1. The maximum atomic E-state index is 12.0. The lowest BCUT2D eigenvalue weighted by molar-refractivity contribution is -0.0159. The molecule has 2 heterocycles. The number of aryl methyl sites for hydroxylation is 1. The molecule has 1 aliphatic heterocycles. The minimum Gasteiger partial charge on any atom is -0.378 e. The van der Waals surface area contributed by atoms with Gasteiger partial charge in [-0.25, -0.2) is 4.79 Å². The first-order valence-corrected chi connectivity index (χ1v) is 6.58. The molecule has 2 rings (SSSR count). The fraction of sp³-hybridized carbons (Fsp3) is 0.692. The summed E-state index contributed by atoms with van der Waals surface area (Å²) >= 11 is 0. The van der Waals surface area contributed by atoms with Crippen molar-refractivity contribution in [2.45, 2.75) is 18.6 Å². The normalized spacial score (nSPS) is 22.4. The molecule has 1 atom stereocenters. The Balaban J connectivity index is 2.05. The molecule has 1 fully saturated rings. The zero-order chi connectivity index (χ0) is 14.8. The van der Waals surface area contributed by atoms with Crippen LogP contribution in [0, 0.1) is 0 Å². The Kier molecular flexibility index (Phi) is 4.42. The molecule has 0 aliphatic carbocycles. The largest absolute Gasteiger partial charge is 0.378 e. The summed E-state index contributed by atoms with van der Waals surface area (Å²) in [4.78, 5) is 23.6. The molecule has 1 N–H and O–H groups in total. The van der Waals surface area contributed by atoms with E-state index in [1.165, 1.54) is 11.6 Å². The van der Waals surface area contributed by atoms with Gasteiger partial charge in [0.15, 0.2) is 0 Å². The minimum absolute atomic E-state index is 0.269. The van der Waals surface area contributed by atoms with Gasteiger partial charge in [-0.05, 0) is 0 Å². The Bertz CT molecular complexity index is 584. The van der Waals surface area contributed by atoms with E-state index in [9.17, 15) is 9.59 Å². The van der Waals surface area contributed by atoms with Crippen LogP contribution in [-0.4, -0.2) is 41.6 Å². The monoisotopic (exact) mass is 283 g/mol. The Labute approximate surface area is 117 Å². The van der Waals surface area contributed by atoms with Crippen LogP contribution in [0.4, 0.5) is 0 Å². The lowest BCUT2D eigenvalue weighted by Crippen LogP contribution is -2.44. The summed E-state index contributed by atoms with van der Waals surface area (Å²) < 4.78 is 13.4. The highest BCUT2D eigenvalue weighted by Crippen LogP contribution is 2.21. The van der Waals surface area contributed by atoms with Crippen LogP contribution in [0.3, 0.4) is 0 Å². The second-order valence-electron chi connectivity index (χ2n) is 5.21. The number of hydrogen-bond acceptors (Lipinski definition) is 5. The van der Waals surface area contributed by atoms with Crippen molar-refractivity contribution >= 4 is 0 Å². The van der Waals surface area contributed by atoms with Crippen LogP contribution in [0.15, 0.2) is 15.8 Å². The SMILES string of the molecule is COC1(CNCc2cn(C)c(=O)n(C)c2=O)CCOC1. The number of ether oxygens (including phenoxy) is 2. The molecular formula is C13H21N3O4. The number of aromatic nitrogens is 2. The van der Waals surface area contributed by atoms with Crippen molar-refractivity contribution in [1.29, 1.82) is 0 Å². The van der Waals surface area contributed by atoms with Gasteiger partial charge in [0.25, 0.3) is 5.56 Å². The van der Waals surface area contributed by atoms with Crippen LogP contribution in [-0.2, 0) is 30.1 Å². The van der Waals surface area contributed by atoms with E-state index in [-0.39, 0.29) is 16.9 Å². The number of rotatable bonds is 5. The maximum absolute atomic E-state index is 12.0. The van der Waals surface area contributed by atoms with Crippen molar-refractivity contribution in [1.82, 2.24) is 14.5 Å². The molecule has 1 aromatic rings. The average molecular weight is 283 g/mol. The van der Waals surface area contributed by atoms with E-state index in [1.807, 2.05) is 0 Å². The van der Waals surface area contributed by atoms with Gasteiger partial charge in [-0.1, -0.05) is 0 Å². The average Bonchev–Trinajstić information content (AvgIpc) is 2.91. The molecule has 0 spiro atoms. The summed E-state index contributed by atoms with van der Waals surface area (Å²) in [6.07, 6.45) is 2.41. The number of nitrogens with zero attached hydrogens (tertiary/aromatic N) is 2. The Morgan fingerprint density at radius 2 is 2.20 bits per heavy atom. The standard InChI is InChI=1S/C13H21N3O4/c1-15-7-10(11(17)16(2)12(15)18)6-14-8-13(19-3)4-5-20-9-13/h7,14H,4-6,8-9H2,1-3H3. The fourth-order valence-electron chi connectivity index (χ4n) is 2.39. The van der Waals surface area contributed by atoms with Crippen LogP contribution in [0.1, 0.15) is 12.0 Å². The Hall–Kier alpha value is -1.44. The first-order chi connectivity index (χ1) is 9.49. The third kappa shape index (κ3) is 2.84. The molecular weight excluding hydrogens is 262 g/mol. The van der Waals surface area contributed by atoms with Gasteiger partial charge in [0.05, 0.1) is 6.61 Å². The summed E-state index contributed by atoms with van der Waals surface area (Å²) in [5.41, 5.74) is -0.350. The third-order valence-electron chi connectivity index (χ3n) is 3.78. The third-order valence-corrected chi connectivity index (χ3v) is 3.78. The summed E-state index contributed by atoms with van der Waals surface area (Å²) in [5, 5.41) is 3.22. The minimum atomic E-state index is -0.323. The van der Waals surface area contributed by atoms with E-state index < -0.39 is 0 Å². The van der Waals surface area contributed by atoms with E-state index in [0.717, 1.165) is 11.0 Å². The molecule has 0 aromatic carbocycles. The molecule has 1 unspecified atom stereocenters. The summed E-state index contributed by atoms with van der Waals surface area (Å²) in [5.74, 6) is 0. The highest BCUT2D eigenvalue weighted by molar-refractivity contribution is 5.05. The quantitative estimate of drug-likeness (QED) is 0.748. The smallest absolute Gasteiger partial charge is 0.330 e. The van der Waals surface area contributed by atoms with Crippen LogP contribution >= 0.6 is 0 Å². The van der Waals surface area contributed by atoms with Crippen molar-refractivity contribution in [3.05, 3.63) is 32.6 Å². The zero-order valence-corrected chi connectivity index (χ0v) is 12.1. The lowest BCUT2D eigenvalue weighted by Gasteiger charge is -2.26. The van der Waals surface area contributed by atoms with Gasteiger partial charge in [0, 0.05) is 59.1 Å². The van der Waals surface area contributed by atoms with Crippen molar-refractivity contribution in [3.8, 4) is 0 Å². The van der Waals surface area contributed by atoms with Gasteiger partial charge in [-0.2, -0.15) is 0 Å². The van der Waals surface area contributed by atoms with Crippen LogP contribution in [0.2, 0.25) is 0 Å². The molecule has 20 heavy (non-hydrogen) atoms. The summed E-state index contributed by atoms with van der Waals surface area (Å²) in [7, 11) is 4.78. The number of methoxy groups -OCH3 is 1. The molecule has 0 saturated carbocycles. The lowest BCUT2D eigenvalue weighted by atomic mass is 10.0. The predicted molar refractivity (Wildman–Crippen MR) is 73.8 cm³/mol. The molecule has 0 amide bonds. The molecule has 1 aromatic heterocycles. The molecule has 7 heteroatoms. The number of hydrogen-bond donors (Lipinski definition) is 1. The van der Waals surface area contributed by atoms with Gasteiger partial charge in [0.2, 0.25) is 0 Å². The van der Waals surface area contributed by atoms with Crippen molar-refractivity contribution in [2.24, 2.45) is 14.1 Å². The highest BCUT2D eigenvalue weighted by Gasteiger charge is 2.34. The molecule has 1 aliphatic rings. The maximum Gasteiger partial charge on any atom is 0.330 e. The van der Waals surface area contributed by atoms with Crippen LogP contribution in [0.5, 0.6) is 0 Å². The second-order valence-corrected chi connectivity index (χ2v) is 5.21.